The number of hydrogen-bond acceptors (Lipinski definition) is 5. The standard InChI is InChI=1S/C16H14FN3O3S/c17-13-6-4-12(5-7-13)16(15-3-1-2-9-18-15)20-24(21,22)11-14-8-10-23-19-14/h1-10,16,20H,11H2/t16-/m0/s1. The third-order valence-corrected chi connectivity index (χ3v) is 4.58. The molecule has 24 heavy (non-hydrogen) atoms. The van der Waals surface area contributed by atoms with Gasteiger partial charge in [-0.2, -0.15) is 0 Å². The first-order chi connectivity index (χ1) is 11.5. The van der Waals surface area contributed by atoms with Gasteiger partial charge < -0.3 is 4.52 Å². The minimum Gasteiger partial charge on any atom is -0.364 e. The number of rotatable bonds is 6. The molecule has 0 amide bonds. The third kappa shape index (κ3) is 4.03. The minimum absolute atomic E-state index is 0.293. The van der Waals surface area contributed by atoms with Crippen LogP contribution in [0.15, 0.2) is 65.5 Å². The lowest BCUT2D eigenvalue weighted by Crippen LogP contribution is -2.31. The van der Waals surface area contributed by atoms with Gasteiger partial charge in [-0.1, -0.05) is 23.4 Å². The summed E-state index contributed by atoms with van der Waals surface area (Å²) in [6, 6.07) is 11.5. The molecule has 0 aliphatic heterocycles. The van der Waals surface area contributed by atoms with Crippen LogP contribution in [0.4, 0.5) is 4.39 Å². The molecule has 2 aromatic heterocycles. The zero-order valence-corrected chi connectivity index (χ0v) is 13.3. The van der Waals surface area contributed by atoms with Gasteiger partial charge in [-0.05, 0) is 29.8 Å². The average molecular weight is 347 g/mol. The van der Waals surface area contributed by atoms with Crippen molar-refractivity contribution in [2.75, 3.05) is 0 Å². The summed E-state index contributed by atoms with van der Waals surface area (Å²) >= 11 is 0. The van der Waals surface area contributed by atoms with Crippen molar-refractivity contribution in [3.8, 4) is 0 Å². The normalized spacial score (nSPS) is 12.9. The molecule has 0 unspecified atom stereocenters. The fourth-order valence-corrected chi connectivity index (χ4v) is 3.47. The van der Waals surface area contributed by atoms with Crippen molar-refractivity contribution < 1.29 is 17.3 Å². The second-order valence-electron chi connectivity index (χ2n) is 5.11. The lowest BCUT2D eigenvalue weighted by molar-refractivity contribution is 0.413. The van der Waals surface area contributed by atoms with Crippen LogP contribution in [0, 0.1) is 5.82 Å². The summed E-state index contributed by atoms with van der Waals surface area (Å²) in [6.45, 7) is 0. The van der Waals surface area contributed by atoms with Crippen LogP contribution in [0.2, 0.25) is 0 Å². The Morgan fingerprint density at radius 1 is 1.12 bits per heavy atom. The Hall–Kier alpha value is -2.58. The Morgan fingerprint density at radius 2 is 1.92 bits per heavy atom. The highest BCUT2D eigenvalue weighted by molar-refractivity contribution is 7.88. The van der Waals surface area contributed by atoms with Crippen LogP contribution in [0.1, 0.15) is 23.0 Å². The van der Waals surface area contributed by atoms with E-state index in [9.17, 15) is 12.8 Å². The second kappa shape index (κ2) is 6.90. The molecule has 8 heteroatoms. The summed E-state index contributed by atoms with van der Waals surface area (Å²) < 4.78 is 45.3. The van der Waals surface area contributed by atoms with E-state index in [1.807, 2.05) is 0 Å². The van der Waals surface area contributed by atoms with Crippen molar-refractivity contribution in [1.82, 2.24) is 14.9 Å². The van der Waals surface area contributed by atoms with Gasteiger partial charge in [0.2, 0.25) is 10.0 Å². The van der Waals surface area contributed by atoms with Gasteiger partial charge in [-0.3, -0.25) is 4.98 Å². The predicted octanol–water partition coefficient (Wildman–Crippen LogP) is 2.42. The van der Waals surface area contributed by atoms with Crippen molar-refractivity contribution in [3.63, 3.8) is 0 Å². The van der Waals surface area contributed by atoms with Gasteiger partial charge in [-0.15, -0.1) is 0 Å². The maximum absolute atomic E-state index is 13.2. The van der Waals surface area contributed by atoms with Crippen molar-refractivity contribution in [2.45, 2.75) is 11.8 Å². The van der Waals surface area contributed by atoms with Gasteiger partial charge in [0, 0.05) is 12.3 Å². The van der Waals surface area contributed by atoms with E-state index >= 15 is 0 Å². The van der Waals surface area contributed by atoms with E-state index in [-0.39, 0.29) is 5.75 Å². The van der Waals surface area contributed by atoms with Crippen LogP contribution in [0.3, 0.4) is 0 Å². The van der Waals surface area contributed by atoms with Gasteiger partial charge in [-0.25, -0.2) is 17.5 Å². The van der Waals surface area contributed by atoms with E-state index in [1.54, 1.807) is 24.4 Å². The smallest absolute Gasteiger partial charge is 0.218 e. The monoisotopic (exact) mass is 347 g/mol. The van der Waals surface area contributed by atoms with Crippen LogP contribution in [-0.4, -0.2) is 18.6 Å². The molecular formula is C16H14FN3O3S. The Kier molecular flexibility index (Phi) is 4.68. The molecule has 0 bridgehead atoms. The fraction of sp³-hybridized carbons (Fsp3) is 0.125. The first kappa shape index (κ1) is 16.3. The Morgan fingerprint density at radius 3 is 2.54 bits per heavy atom. The predicted molar refractivity (Wildman–Crippen MR) is 84.7 cm³/mol. The van der Waals surface area contributed by atoms with Crippen molar-refractivity contribution in [1.29, 1.82) is 0 Å². The van der Waals surface area contributed by atoms with E-state index < -0.39 is 21.9 Å². The topological polar surface area (TPSA) is 85.1 Å². The van der Waals surface area contributed by atoms with E-state index in [0.29, 0.717) is 17.0 Å². The molecule has 0 aliphatic carbocycles. The number of nitrogens with one attached hydrogen (secondary N) is 1. The Bertz CT molecular complexity index is 882. The number of pyridine rings is 1. The highest BCUT2D eigenvalue weighted by Crippen LogP contribution is 2.22. The quantitative estimate of drug-likeness (QED) is 0.740. The van der Waals surface area contributed by atoms with E-state index in [0.717, 1.165) is 0 Å². The first-order valence-electron chi connectivity index (χ1n) is 7.09. The van der Waals surface area contributed by atoms with E-state index in [1.165, 1.54) is 36.6 Å². The second-order valence-corrected chi connectivity index (χ2v) is 6.86. The largest absolute Gasteiger partial charge is 0.364 e. The summed E-state index contributed by atoms with van der Waals surface area (Å²) in [4.78, 5) is 4.20. The summed E-state index contributed by atoms with van der Waals surface area (Å²) in [7, 11) is -3.72. The van der Waals surface area contributed by atoms with Crippen molar-refractivity contribution >= 4 is 10.0 Å². The average Bonchev–Trinajstić information content (AvgIpc) is 3.07. The number of halogens is 1. The van der Waals surface area contributed by atoms with Crippen molar-refractivity contribution in [2.24, 2.45) is 0 Å². The minimum atomic E-state index is -3.72. The molecule has 124 valence electrons. The van der Waals surface area contributed by atoms with Crippen LogP contribution in [0.5, 0.6) is 0 Å². The van der Waals surface area contributed by atoms with Gasteiger partial charge in [0.1, 0.15) is 17.8 Å². The SMILES string of the molecule is O=S(=O)(Cc1ccon1)N[C@@H](c1ccc(F)cc1)c1ccccn1. The molecule has 0 saturated heterocycles. The molecule has 1 aromatic carbocycles. The maximum atomic E-state index is 13.2. The molecule has 1 N–H and O–H groups in total. The number of hydrogen-bond donors (Lipinski definition) is 1. The number of aromatic nitrogens is 2. The lowest BCUT2D eigenvalue weighted by Gasteiger charge is -2.18. The fourth-order valence-electron chi connectivity index (χ4n) is 2.23. The van der Waals surface area contributed by atoms with Crippen LogP contribution >= 0.6 is 0 Å². The zero-order valence-electron chi connectivity index (χ0n) is 12.5. The van der Waals surface area contributed by atoms with Crippen molar-refractivity contribution in [3.05, 3.63) is 83.8 Å². The molecule has 3 rings (SSSR count). The highest BCUT2D eigenvalue weighted by atomic mass is 32.2. The van der Waals surface area contributed by atoms with Gasteiger partial charge in [0.15, 0.2) is 0 Å². The number of sulfonamides is 1. The third-order valence-electron chi connectivity index (χ3n) is 3.31. The molecule has 6 nitrogen and oxygen atoms in total. The van der Waals surface area contributed by atoms with Crippen LogP contribution in [0.25, 0.3) is 0 Å². The zero-order chi connectivity index (χ0) is 17.0. The number of nitrogens with zero attached hydrogens (tertiary/aromatic N) is 2. The summed E-state index contributed by atoms with van der Waals surface area (Å²) in [5.41, 5.74) is 1.38. The van der Waals surface area contributed by atoms with Crippen LogP contribution in [-0.2, 0) is 15.8 Å². The summed E-state index contributed by atoms with van der Waals surface area (Å²) in [6.07, 6.45) is 2.87. The molecule has 1 atom stereocenters. The molecule has 0 aliphatic rings. The molecule has 0 radical (unpaired) electrons. The summed E-state index contributed by atoms with van der Waals surface area (Å²) in [5.74, 6) is -0.724. The van der Waals surface area contributed by atoms with Gasteiger partial charge in [0.05, 0.1) is 17.4 Å². The molecule has 3 aromatic rings. The molecule has 2 heterocycles. The summed E-state index contributed by atoms with van der Waals surface area (Å²) in [5, 5.41) is 3.61. The van der Waals surface area contributed by atoms with E-state index in [2.05, 4.69) is 19.4 Å². The van der Waals surface area contributed by atoms with Gasteiger partial charge >= 0.3 is 0 Å². The van der Waals surface area contributed by atoms with E-state index in [4.69, 9.17) is 0 Å². The van der Waals surface area contributed by atoms with Gasteiger partial charge in [0.25, 0.3) is 0 Å². The molecule has 0 fully saturated rings. The molecule has 0 saturated carbocycles. The van der Waals surface area contributed by atoms with Crippen LogP contribution < -0.4 is 4.72 Å². The Balaban J connectivity index is 1.91. The number of benzene rings is 1. The first-order valence-corrected chi connectivity index (χ1v) is 8.74. The molecular weight excluding hydrogens is 333 g/mol. The highest BCUT2D eigenvalue weighted by Gasteiger charge is 2.23. The lowest BCUT2D eigenvalue weighted by atomic mass is 10.0. The maximum Gasteiger partial charge on any atom is 0.218 e. The molecule has 0 spiro atoms. The Labute approximate surface area is 138 Å².